The highest BCUT2D eigenvalue weighted by molar-refractivity contribution is 6.12. The van der Waals surface area contributed by atoms with Crippen LogP contribution in [0.3, 0.4) is 0 Å². The molecule has 9 heteroatoms. The van der Waals surface area contributed by atoms with Crippen LogP contribution in [0.5, 0.6) is 11.5 Å². The monoisotopic (exact) mass is 396 g/mol. The average Bonchev–Trinajstić information content (AvgIpc) is 3.04. The first-order valence-electron chi connectivity index (χ1n) is 8.60. The van der Waals surface area contributed by atoms with Crippen molar-refractivity contribution in [2.45, 2.75) is 13.8 Å². The maximum Gasteiger partial charge on any atom is 0.363 e. The van der Waals surface area contributed by atoms with Gasteiger partial charge in [-0.1, -0.05) is 6.07 Å². The van der Waals surface area contributed by atoms with E-state index in [1.807, 2.05) is 0 Å². The van der Waals surface area contributed by atoms with Crippen molar-refractivity contribution in [3.63, 3.8) is 0 Å². The van der Waals surface area contributed by atoms with Gasteiger partial charge in [0, 0.05) is 24.6 Å². The zero-order valence-corrected chi connectivity index (χ0v) is 15.6. The number of aliphatic imine (C=N–C) groups is 1. The van der Waals surface area contributed by atoms with E-state index in [0.29, 0.717) is 23.5 Å². The van der Waals surface area contributed by atoms with Crippen LogP contribution in [-0.4, -0.2) is 29.4 Å². The lowest BCUT2D eigenvalue weighted by Gasteiger charge is -2.10. The second-order valence-corrected chi connectivity index (χ2v) is 5.87. The number of carbonyl (C=O) groups excluding carboxylic acids is 2. The van der Waals surface area contributed by atoms with Gasteiger partial charge in [0.15, 0.2) is 17.2 Å². The fourth-order valence-corrected chi connectivity index (χ4v) is 2.54. The molecule has 1 aliphatic rings. The first kappa shape index (κ1) is 19.7. The number of rotatable bonds is 6. The van der Waals surface area contributed by atoms with Gasteiger partial charge in [0.1, 0.15) is 0 Å². The van der Waals surface area contributed by atoms with Crippen LogP contribution in [0, 0.1) is 10.1 Å². The van der Waals surface area contributed by atoms with Crippen LogP contribution in [0.15, 0.2) is 53.2 Å². The fraction of sp³-hybridized carbons (Fsp3) is 0.150. The van der Waals surface area contributed by atoms with Gasteiger partial charge in [-0.15, -0.1) is 0 Å². The lowest BCUT2D eigenvalue weighted by Crippen LogP contribution is -2.05. The average molecular weight is 396 g/mol. The normalized spacial score (nSPS) is 14.3. The summed E-state index contributed by atoms with van der Waals surface area (Å²) in [6.07, 6.45) is 1.50. The SMILES string of the molecule is CCOc1cc(/C=C2/N=C(c3ccc([N+](=O)[O-])cc3)OC2=O)ccc1OC(C)=O. The van der Waals surface area contributed by atoms with Crippen LogP contribution in [0.1, 0.15) is 25.0 Å². The minimum absolute atomic E-state index is 0.0534. The molecule has 0 atom stereocenters. The Morgan fingerprint density at radius 2 is 1.93 bits per heavy atom. The molecule has 0 saturated carbocycles. The third-order valence-electron chi connectivity index (χ3n) is 3.77. The Kier molecular flexibility index (Phi) is 5.68. The number of nitro benzene ring substituents is 1. The maximum absolute atomic E-state index is 12.1. The van der Waals surface area contributed by atoms with Gasteiger partial charge < -0.3 is 14.2 Å². The second kappa shape index (κ2) is 8.34. The van der Waals surface area contributed by atoms with Crippen molar-refractivity contribution in [3.8, 4) is 11.5 Å². The van der Waals surface area contributed by atoms with Crippen molar-refractivity contribution in [1.29, 1.82) is 0 Å². The minimum atomic E-state index is -0.652. The Morgan fingerprint density at radius 1 is 1.21 bits per heavy atom. The molecule has 0 amide bonds. The van der Waals surface area contributed by atoms with E-state index in [1.54, 1.807) is 25.1 Å². The van der Waals surface area contributed by atoms with Crippen molar-refractivity contribution in [3.05, 3.63) is 69.4 Å². The van der Waals surface area contributed by atoms with E-state index in [-0.39, 0.29) is 23.0 Å². The number of nitrogens with zero attached hydrogens (tertiary/aromatic N) is 2. The third kappa shape index (κ3) is 4.64. The maximum atomic E-state index is 12.1. The number of esters is 2. The number of ether oxygens (including phenoxy) is 3. The van der Waals surface area contributed by atoms with Crippen molar-refractivity contribution in [2.24, 2.45) is 4.99 Å². The molecular weight excluding hydrogens is 380 g/mol. The van der Waals surface area contributed by atoms with E-state index >= 15 is 0 Å². The zero-order chi connectivity index (χ0) is 21.0. The number of cyclic esters (lactones) is 1. The highest BCUT2D eigenvalue weighted by Gasteiger charge is 2.24. The number of hydrogen-bond donors (Lipinski definition) is 0. The summed E-state index contributed by atoms with van der Waals surface area (Å²) in [5.41, 5.74) is 1.00. The number of carbonyl (C=O) groups is 2. The second-order valence-electron chi connectivity index (χ2n) is 5.87. The molecule has 29 heavy (non-hydrogen) atoms. The van der Waals surface area contributed by atoms with Crippen molar-refractivity contribution >= 4 is 29.6 Å². The first-order valence-corrected chi connectivity index (χ1v) is 8.60. The van der Waals surface area contributed by atoms with Gasteiger partial charge in [0.25, 0.3) is 5.69 Å². The van der Waals surface area contributed by atoms with Gasteiger partial charge in [-0.25, -0.2) is 9.79 Å². The van der Waals surface area contributed by atoms with Crippen LogP contribution in [0.4, 0.5) is 5.69 Å². The predicted molar refractivity (Wildman–Crippen MR) is 103 cm³/mol. The van der Waals surface area contributed by atoms with E-state index < -0.39 is 16.9 Å². The van der Waals surface area contributed by atoms with Gasteiger partial charge in [0.05, 0.1) is 11.5 Å². The van der Waals surface area contributed by atoms with Crippen LogP contribution in [0.25, 0.3) is 6.08 Å². The summed E-state index contributed by atoms with van der Waals surface area (Å²) in [7, 11) is 0. The molecule has 0 saturated heterocycles. The minimum Gasteiger partial charge on any atom is -0.490 e. The molecule has 9 nitrogen and oxygen atoms in total. The molecule has 0 N–H and O–H groups in total. The Bertz CT molecular complexity index is 1040. The van der Waals surface area contributed by atoms with E-state index in [0.717, 1.165) is 0 Å². The van der Waals surface area contributed by atoms with Gasteiger partial charge >= 0.3 is 11.9 Å². The molecule has 1 heterocycles. The Labute approximate surface area is 165 Å². The van der Waals surface area contributed by atoms with E-state index in [9.17, 15) is 19.7 Å². The lowest BCUT2D eigenvalue weighted by atomic mass is 10.1. The molecule has 2 aromatic carbocycles. The van der Waals surface area contributed by atoms with Crippen molar-refractivity contribution < 1.29 is 28.7 Å². The molecule has 2 aromatic rings. The molecule has 0 spiro atoms. The Balaban J connectivity index is 1.89. The summed E-state index contributed by atoms with van der Waals surface area (Å²) in [4.78, 5) is 37.7. The quantitative estimate of drug-likeness (QED) is 0.242. The first-order chi connectivity index (χ1) is 13.9. The smallest absolute Gasteiger partial charge is 0.363 e. The molecule has 0 radical (unpaired) electrons. The summed E-state index contributed by atoms with van der Waals surface area (Å²) in [5.74, 6) is -0.458. The molecule has 0 fully saturated rings. The molecule has 0 bridgehead atoms. The number of non-ortho nitro benzene ring substituents is 1. The molecule has 0 unspecified atom stereocenters. The number of nitro groups is 1. The number of benzene rings is 2. The summed E-state index contributed by atoms with van der Waals surface area (Å²) < 4.78 is 15.7. The molecule has 148 valence electrons. The topological polar surface area (TPSA) is 117 Å². The van der Waals surface area contributed by atoms with E-state index in [2.05, 4.69) is 4.99 Å². The van der Waals surface area contributed by atoms with Crippen LogP contribution >= 0.6 is 0 Å². The van der Waals surface area contributed by atoms with Gasteiger partial charge in [-0.3, -0.25) is 14.9 Å². The highest BCUT2D eigenvalue weighted by Crippen LogP contribution is 2.30. The van der Waals surface area contributed by atoms with Crippen LogP contribution < -0.4 is 9.47 Å². The van der Waals surface area contributed by atoms with Crippen LogP contribution in [-0.2, 0) is 14.3 Å². The Hall–Kier alpha value is -4.01. The molecule has 0 aliphatic carbocycles. The van der Waals surface area contributed by atoms with E-state index in [4.69, 9.17) is 14.2 Å². The Morgan fingerprint density at radius 3 is 2.55 bits per heavy atom. The van der Waals surface area contributed by atoms with Gasteiger partial charge in [-0.2, -0.15) is 0 Å². The van der Waals surface area contributed by atoms with Crippen LogP contribution in [0.2, 0.25) is 0 Å². The molecule has 0 aromatic heterocycles. The summed E-state index contributed by atoms with van der Waals surface area (Å²) in [6, 6.07) is 10.3. The largest absolute Gasteiger partial charge is 0.490 e. The highest BCUT2D eigenvalue weighted by atomic mass is 16.6. The van der Waals surface area contributed by atoms with Crippen molar-refractivity contribution in [2.75, 3.05) is 6.61 Å². The molecular formula is C20H16N2O7. The van der Waals surface area contributed by atoms with E-state index in [1.165, 1.54) is 37.3 Å². The predicted octanol–water partition coefficient (Wildman–Crippen LogP) is 3.26. The third-order valence-corrected chi connectivity index (χ3v) is 3.77. The number of hydrogen-bond acceptors (Lipinski definition) is 8. The summed E-state index contributed by atoms with van der Waals surface area (Å²) in [5, 5.41) is 10.7. The zero-order valence-electron chi connectivity index (χ0n) is 15.6. The van der Waals surface area contributed by atoms with Gasteiger partial charge in [0.2, 0.25) is 5.90 Å². The standard InChI is InChI=1S/C20H16N2O7/c1-3-27-18-11-13(4-9-17(18)28-12(2)23)10-16-20(24)29-19(21-16)14-5-7-15(8-6-14)22(25)26/h4-11H,3H2,1-2H3/b16-10+. The lowest BCUT2D eigenvalue weighted by molar-refractivity contribution is -0.384. The summed E-state index contributed by atoms with van der Waals surface area (Å²) >= 11 is 0. The van der Waals surface area contributed by atoms with Gasteiger partial charge in [-0.05, 0) is 42.8 Å². The molecule has 3 rings (SSSR count). The molecule has 1 aliphatic heterocycles. The fourth-order valence-electron chi connectivity index (χ4n) is 2.54. The van der Waals surface area contributed by atoms with Crippen molar-refractivity contribution in [1.82, 2.24) is 0 Å². The summed E-state index contributed by atoms with van der Waals surface area (Å²) in [6.45, 7) is 3.44.